The largest absolute Gasteiger partial charge is 0.343 e. The molecule has 6 heteroatoms. The number of aromatic nitrogens is 3. The average Bonchev–Trinajstić information content (AvgIpc) is 3.14. The third-order valence-electron chi connectivity index (χ3n) is 4.13. The fourth-order valence-electron chi connectivity index (χ4n) is 2.98. The number of carbonyl (C=O) groups excluding carboxylic acids is 1. The minimum atomic E-state index is 0.303. The Labute approximate surface area is 136 Å². The lowest BCUT2D eigenvalue weighted by molar-refractivity contribution is -0.127. The minimum absolute atomic E-state index is 0.303. The standard InChI is InChI=1S/C17H23N5O/c1-21-13-15(17(20-21)14-5-8-18-9-6-14)12-19-7-3-11-22-10-2-4-16(22)23/h5-6,8-9,13,19H,2-4,7,10-12H2,1H3. The maximum atomic E-state index is 11.6. The predicted molar refractivity (Wildman–Crippen MR) is 88.6 cm³/mol. The summed E-state index contributed by atoms with van der Waals surface area (Å²) in [6.07, 6.45) is 8.33. The Morgan fingerprint density at radius 2 is 2.13 bits per heavy atom. The molecule has 1 aliphatic rings. The third kappa shape index (κ3) is 3.96. The first-order valence-electron chi connectivity index (χ1n) is 8.15. The van der Waals surface area contributed by atoms with Gasteiger partial charge in [-0.1, -0.05) is 0 Å². The number of hydrogen-bond acceptors (Lipinski definition) is 4. The van der Waals surface area contributed by atoms with Crippen molar-refractivity contribution in [3.8, 4) is 11.3 Å². The molecule has 0 spiro atoms. The van der Waals surface area contributed by atoms with Crippen molar-refractivity contribution in [1.29, 1.82) is 0 Å². The summed E-state index contributed by atoms with van der Waals surface area (Å²) in [5.74, 6) is 0.303. The molecule has 1 fully saturated rings. The van der Waals surface area contributed by atoms with Gasteiger partial charge in [-0.15, -0.1) is 0 Å². The van der Waals surface area contributed by atoms with Gasteiger partial charge in [-0.3, -0.25) is 14.5 Å². The van der Waals surface area contributed by atoms with E-state index >= 15 is 0 Å². The highest BCUT2D eigenvalue weighted by Gasteiger charge is 2.18. The molecule has 3 heterocycles. The molecule has 0 unspecified atom stereocenters. The fourth-order valence-corrected chi connectivity index (χ4v) is 2.98. The summed E-state index contributed by atoms with van der Waals surface area (Å²) < 4.78 is 1.84. The summed E-state index contributed by atoms with van der Waals surface area (Å²) in [5, 5.41) is 8.01. The lowest BCUT2D eigenvalue weighted by Crippen LogP contribution is -2.28. The zero-order valence-corrected chi connectivity index (χ0v) is 13.5. The second-order valence-corrected chi connectivity index (χ2v) is 5.93. The van der Waals surface area contributed by atoms with Crippen molar-refractivity contribution < 1.29 is 4.79 Å². The molecule has 0 aliphatic carbocycles. The highest BCUT2D eigenvalue weighted by atomic mass is 16.2. The number of hydrogen-bond donors (Lipinski definition) is 1. The summed E-state index contributed by atoms with van der Waals surface area (Å²) in [6, 6.07) is 3.95. The number of nitrogens with zero attached hydrogens (tertiary/aromatic N) is 4. The first-order valence-corrected chi connectivity index (χ1v) is 8.15. The van der Waals surface area contributed by atoms with Crippen molar-refractivity contribution in [2.45, 2.75) is 25.8 Å². The molecule has 122 valence electrons. The second-order valence-electron chi connectivity index (χ2n) is 5.93. The highest BCUT2D eigenvalue weighted by molar-refractivity contribution is 5.78. The van der Waals surface area contributed by atoms with Gasteiger partial charge >= 0.3 is 0 Å². The van der Waals surface area contributed by atoms with Crippen LogP contribution in [0, 0.1) is 0 Å². The Morgan fingerprint density at radius 3 is 2.87 bits per heavy atom. The van der Waals surface area contributed by atoms with Gasteiger partial charge in [-0.2, -0.15) is 5.10 Å². The first-order chi connectivity index (χ1) is 11.2. The van der Waals surface area contributed by atoms with Crippen LogP contribution in [0.25, 0.3) is 11.3 Å². The van der Waals surface area contributed by atoms with Crippen LogP contribution in [0.2, 0.25) is 0 Å². The fraction of sp³-hybridized carbons (Fsp3) is 0.471. The van der Waals surface area contributed by atoms with E-state index in [0.29, 0.717) is 5.91 Å². The van der Waals surface area contributed by atoms with Crippen molar-refractivity contribution in [1.82, 2.24) is 25.0 Å². The van der Waals surface area contributed by atoms with Crippen LogP contribution in [-0.4, -0.2) is 45.2 Å². The van der Waals surface area contributed by atoms with E-state index in [0.717, 1.165) is 56.7 Å². The number of carbonyl (C=O) groups is 1. The molecule has 3 rings (SSSR count). The van der Waals surface area contributed by atoms with Crippen LogP contribution in [0.4, 0.5) is 0 Å². The molecule has 1 aliphatic heterocycles. The number of likely N-dealkylation sites (tertiary alicyclic amines) is 1. The zero-order chi connectivity index (χ0) is 16.1. The van der Waals surface area contributed by atoms with Gasteiger partial charge < -0.3 is 10.2 Å². The van der Waals surface area contributed by atoms with Crippen LogP contribution < -0.4 is 5.32 Å². The van der Waals surface area contributed by atoms with Gasteiger partial charge in [0.1, 0.15) is 0 Å². The number of nitrogens with one attached hydrogen (secondary N) is 1. The van der Waals surface area contributed by atoms with Gasteiger partial charge in [-0.25, -0.2) is 0 Å². The van der Waals surface area contributed by atoms with E-state index in [1.54, 1.807) is 12.4 Å². The van der Waals surface area contributed by atoms with Crippen molar-refractivity contribution in [2.24, 2.45) is 7.05 Å². The molecule has 2 aromatic heterocycles. The summed E-state index contributed by atoms with van der Waals surface area (Å²) in [4.78, 5) is 17.6. The molecule has 1 N–H and O–H groups in total. The molecule has 0 saturated carbocycles. The normalized spacial score (nSPS) is 14.7. The van der Waals surface area contributed by atoms with Gasteiger partial charge in [0.2, 0.25) is 5.91 Å². The Bertz CT molecular complexity index is 652. The first kappa shape index (κ1) is 15.7. The molecule has 6 nitrogen and oxygen atoms in total. The molecule has 23 heavy (non-hydrogen) atoms. The summed E-state index contributed by atoms with van der Waals surface area (Å²) in [7, 11) is 1.94. The quantitative estimate of drug-likeness (QED) is 0.789. The van der Waals surface area contributed by atoms with Crippen LogP contribution in [-0.2, 0) is 18.4 Å². The Kier molecular flexibility index (Phi) is 5.02. The van der Waals surface area contributed by atoms with Gasteiger partial charge in [0, 0.05) is 62.8 Å². The maximum Gasteiger partial charge on any atom is 0.222 e. The molecule has 0 aromatic carbocycles. The van der Waals surface area contributed by atoms with Crippen molar-refractivity contribution in [3.05, 3.63) is 36.3 Å². The van der Waals surface area contributed by atoms with E-state index in [9.17, 15) is 4.79 Å². The van der Waals surface area contributed by atoms with E-state index in [-0.39, 0.29) is 0 Å². The molecular weight excluding hydrogens is 290 g/mol. The van der Waals surface area contributed by atoms with Crippen LogP contribution >= 0.6 is 0 Å². The SMILES string of the molecule is Cn1cc(CNCCCN2CCCC2=O)c(-c2ccncc2)n1. The van der Waals surface area contributed by atoms with E-state index in [1.165, 1.54) is 5.56 Å². The molecule has 1 saturated heterocycles. The predicted octanol–water partition coefficient (Wildman–Crippen LogP) is 1.58. The second kappa shape index (κ2) is 7.37. The van der Waals surface area contributed by atoms with Crippen molar-refractivity contribution in [3.63, 3.8) is 0 Å². The van der Waals surface area contributed by atoms with E-state index < -0.39 is 0 Å². The van der Waals surface area contributed by atoms with Crippen LogP contribution in [0.1, 0.15) is 24.8 Å². The van der Waals surface area contributed by atoms with Crippen molar-refractivity contribution in [2.75, 3.05) is 19.6 Å². The molecule has 0 radical (unpaired) electrons. The van der Waals surface area contributed by atoms with E-state index in [1.807, 2.05) is 35.0 Å². The third-order valence-corrected chi connectivity index (χ3v) is 4.13. The number of rotatable bonds is 7. The Morgan fingerprint density at radius 1 is 1.30 bits per heavy atom. The van der Waals surface area contributed by atoms with E-state index in [4.69, 9.17) is 0 Å². The number of pyridine rings is 1. The monoisotopic (exact) mass is 313 g/mol. The Balaban J connectivity index is 1.50. The molecule has 0 bridgehead atoms. The smallest absolute Gasteiger partial charge is 0.222 e. The lowest BCUT2D eigenvalue weighted by Gasteiger charge is -2.15. The maximum absolute atomic E-state index is 11.6. The van der Waals surface area contributed by atoms with Crippen molar-refractivity contribution >= 4 is 5.91 Å². The van der Waals surface area contributed by atoms with Crippen LogP contribution in [0.5, 0.6) is 0 Å². The van der Waals surface area contributed by atoms with Crippen LogP contribution in [0.3, 0.4) is 0 Å². The van der Waals surface area contributed by atoms with Gasteiger partial charge in [0.05, 0.1) is 5.69 Å². The summed E-state index contributed by atoms with van der Waals surface area (Å²) >= 11 is 0. The van der Waals surface area contributed by atoms with E-state index in [2.05, 4.69) is 15.4 Å². The molecule has 2 aromatic rings. The zero-order valence-electron chi connectivity index (χ0n) is 13.5. The van der Waals surface area contributed by atoms with Gasteiger partial charge in [0.25, 0.3) is 0 Å². The highest BCUT2D eigenvalue weighted by Crippen LogP contribution is 2.20. The summed E-state index contributed by atoms with van der Waals surface area (Å²) in [6.45, 7) is 3.46. The topological polar surface area (TPSA) is 63.1 Å². The lowest BCUT2D eigenvalue weighted by atomic mass is 10.1. The average molecular weight is 313 g/mol. The minimum Gasteiger partial charge on any atom is -0.343 e. The van der Waals surface area contributed by atoms with Gasteiger partial charge in [0.15, 0.2) is 0 Å². The molecular formula is C17H23N5O. The molecule has 0 atom stereocenters. The molecule has 1 amide bonds. The Hall–Kier alpha value is -2.21. The number of amides is 1. The summed E-state index contributed by atoms with van der Waals surface area (Å²) in [5.41, 5.74) is 3.26. The van der Waals surface area contributed by atoms with Gasteiger partial charge in [-0.05, 0) is 31.5 Å². The van der Waals surface area contributed by atoms with Crippen LogP contribution in [0.15, 0.2) is 30.7 Å². The number of aryl methyl sites for hydroxylation is 1.